The monoisotopic (exact) mass is 320 g/mol. The first-order chi connectivity index (χ1) is 10.7. The second-order valence-electron chi connectivity index (χ2n) is 5.91. The summed E-state index contributed by atoms with van der Waals surface area (Å²) in [5.74, 6) is 0.628. The van der Waals surface area contributed by atoms with Gasteiger partial charge in [0, 0.05) is 25.7 Å². The Bertz CT molecular complexity index is 559. The van der Waals surface area contributed by atoms with E-state index in [0.29, 0.717) is 25.3 Å². The average Bonchev–Trinajstić information content (AvgIpc) is 3.20. The number of hydrogen-bond acceptors (Lipinski definition) is 3. The first-order valence-corrected chi connectivity index (χ1v) is 8.74. The molecule has 1 aliphatic heterocycles. The fraction of sp³-hybridized carbons (Fsp3) is 0.471. The Morgan fingerprint density at radius 2 is 2.18 bits per heavy atom. The van der Waals surface area contributed by atoms with Crippen molar-refractivity contribution in [1.29, 1.82) is 0 Å². The number of thioether (sulfide) groups is 1. The van der Waals surface area contributed by atoms with E-state index in [0.717, 1.165) is 12.1 Å². The average molecular weight is 320 g/mol. The minimum atomic E-state index is -0.146. The lowest BCUT2D eigenvalue weighted by Gasteiger charge is -2.25. The van der Waals surface area contributed by atoms with Gasteiger partial charge in [-0.3, -0.25) is 4.79 Å². The first kappa shape index (κ1) is 15.4. The molecule has 3 nitrogen and oxygen atoms in total. The molecule has 0 radical (unpaired) electrons. The molecule has 1 N–H and O–H groups in total. The van der Waals surface area contributed by atoms with Crippen molar-refractivity contribution in [3.05, 3.63) is 47.3 Å². The van der Waals surface area contributed by atoms with Crippen LogP contribution in [0.2, 0.25) is 0 Å². The summed E-state index contributed by atoms with van der Waals surface area (Å²) in [6, 6.07) is 6.90. The lowest BCUT2D eigenvalue weighted by molar-refractivity contribution is -0.121. The number of carbonyl (C=O) groups excluding carboxylic acids is 1. The van der Waals surface area contributed by atoms with Crippen LogP contribution in [0.3, 0.4) is 0 Å². The Morgan fingerprint density at radius 3 is 2.95 bits per heavy atom. The van der Waals surface area contributed by atoms with Crippen molar-refractivity contribution in [2.45, 2.75) is 31.1 Å². The van der Waals surface area contributed by atoms with E-state index >= 15 is 0 Å². The summed E-state index contributed by atoms with van der Waals surface area (Å²) in [6.45, 7) is 1.40. The second-order valence-corrected chi connectivity index (χ2v) is 7.00. The minimum Gasteiger partial charge on any atom is -0.363 e. The third-order valence-corrected chi connectivity index (χ3v) is 5.13. The van der Waals surface area contributed by atoms with E-state index in [4.69, 9.17) is 0 Å². The smallest absolute Gasteiger partial charge is 0.220 e. The lowest BCUT2D eigenvalue weighted by atomic mass is 10.1. The van der Waals surface area contributed by atoms with Crippen molar-refractivity contribution < 1.29 is 9.18 Å². The normalized spacial score (nSPS) is 20.4. The highest BCUT2D eigenvalue weighted by Gasteiger charge is 2.25. The maximum atomic E-state index is 13.6. The largest absolute Gasteiger partial charge is 0.363 e. The molecule has 1 heterocycles. The molecule has 1 unspecified atom stereocenters. The highest BCUT2D eigenvalue weighted by molar-refractivity contribution is 8.02. The molecule has 0 bridgehead atoms. The van der Waals surface area contributed by atoms with Crippen molar-refractivity contribution in [3.8, 4) is 0 Å². The van der Waals surface area contributed by atoms with E-state index in [9.17, 15) is 9.18 Å². The predicted molar refractivity (Wildman–Crippen MR) is 87.7 cm³/mol. The van der Waals surface area contributed by atoms with E-state index < -0.39 is 0 Å². The molecule has 1 saturated carbocycles. The molecule has 1 aliphatic carbocycles. The molecule has 1 aromatic rings. The molecule has 0 aromatic heterocycles. The van der Waals surface area contributed by atoms with Crippen LogP contribution >= 0.6 is 11.8 Å². The Hall–Kier alpha value is -1.49. The van der Waals surface area contributed by atoms with Gasteiger partial charge in [0.15, 0.2) is 0 Å². The number of benzene rings is 1. The fourth-order valence-corrected chi connectivity index (χ4v) is 3.49. The molecular weight excluding hydrogens is 299 g/mol. The third kappa shape index (κ3) is 4.26. The number of halogens is 1. The molecule has 5 heteroatoms. The summed E-state index contributed by atoms with van der Waals surface area (Å²) in [5, 5.41) is 5.28. The number of nitrogens with one attached hydrogen (secondary N) is 1. The summed E-state index contributed by atoms with van der Waals surface area (Å²) in [4.78, 5) is 13.9. The van der Waals surface area contributed by atoms with Gasteiger partial charge in [0.05, 0.1) is 5.37 Å². The van der Waals surface area contributed by atoms with Gasteiger partial charge in [0.2, 0.25) is 5.91 Å². The quantitative estimate of drug-likeness (QED) is 0.838. The van der Waals surface area contributed by atoms with Gasteiger partial charge in [-0.2, -0.15) is 0 Å². The maximum Gasteiger partial charge on any atom is 0.220 e. The van der Waals surface area contributed by atoms with Gasteiger partial charge >= 0.3 is 0 Å². The first-order valence-electron chi connectivity index (χ1n) is 7.80. The maximum absolute atomic E-state index is 13.6. The number of carbonyl (C=O) groups is 1. The molecule has 2 aliphatic rings. The van der Waals surface area contributed by atoms with Crippen molar-refractivity contribution >= 4 is 17.7 Å². The van der Waals surface area contributed by atoms with E-state index in [2.05, 4.69) is 10.2 Å². The molecule has 1 fully saturated rings. The molecular formula is C17H21FN2OS. The van der Waals surface area contributed by atoms with Gasteiger partial charge < -0.3 is 10.2 Å². The number of amides is 1. The van der Waals surface area contributed by atoms with E-state index in [1.807, 2.05) is 23.7 Å². The predicted octanol–water partition coefficient (Wildman–Crippen LogP) is 3.13. The Balaban J connectivity index is 1.44. The number of rotatable bonds is 7. The Morgan fingerprint density at radius 1 is 1.36 bits per heavy atom. The van der Waals surface area contributed by atoms with Crippen molar-refractivity contribution in [2.24, 2.45) is 5.92 Å². The molecule has 0 saturated heterocycles. The summed E-state index contributed by atoms with van der Waals surface area (Å²) in [7, 11) is 0. The van der Waals surface area contributed by atoms with Crippen LogP contribution in [0.1, 0.15) is 24.8 Å². The van der Waals surface area contributed by atoms with E-state index in [-0.39, 0.29) is 17.1 Å². The highest BCUT2D eigenvalue weighted by atomic mass is 32.2. The summed E-state index contributed by atoms with van der Waals surface area (Å²) < 4.78 is 13.6. The van der Waals surface area contributed by atoms with E-state index in [1.165, 1.54) is 18.9 Å². The molecule has 0 spiro atoms. The molecule has 118 valence electrons. The molecule has 22 heavy (non-hydrogen) atoms. The topological polar surface area (TPSA) is 32.3 Å². The van der Waals surface area contributed by atoms with Gasteiger partial charge in [-0.15, -0.1) is 11.8 Å². The SMILES string of the molecule is O=C(CC1CC1)NCC1SC=CN1CCc1ccccc1F. The van der Waals surface area contributed by atoms with Crippen LogP contribution in [-0.4, -0.2) is 29.3 Å². The second kappa shape index (κ2) is 7.18. The Labute approximate surface area is 135 Å². The standard InChI is InChI=1S/C17H21FN2OS/c18-15-4-2-1-3-14(15)7-8-20-9-10-22-17(20)12-19-16(21)11-13-5-6-13/h1-4,9-10,13,17H,5-8,11-12H2,(H,19,21). The van der Waals surface area contributed by atoms with Crippen molar-refractivity contribution in [1.82, 2.24) is 10.2 Å². The molecule has 1 amide bonds. The summed E-state index contributed by atoms with van der Waals surface area (Å²) >= 11 is 1.70. The van der Waals surface area contributed by atoms with Crippen LogP contribution in [0.25, 0.3) is 0 Å². The zero-order chi connectivity index (χ0) is 15.4. The molecule has 3 rings (SSSR count). The summed E-state index contributed by atoms with van der Waals surface area (Å²) in [5.41, 5.74) is 0.740. The minimum absolute atomic E-state index is 0.146. The van der Waals surface area contributed by atoms with E-state index in [1.54, 1.807) is 17.8 Å². The van der Waals surface area contributed by atoms with Gasteiger partial charge in [-0.1, -0.05) is 18.2 Å². The zero-order valence-electron chi connectivity index (χ0n) is 12.5. The molecule has 1 atom stereocenters. The highest BCUT2D eigenvalue weighted by Crippen LogP contribution is 2.32. The Kier molecular flexibility index (Phi) is 5.03. The zero-order valence-corrected chi connectivity index (χ0v) is 13.3. The van der Waals surface area contributed by atoms with Crippen LogP contribution in [0.4, 0.5) is 4.39 Å². The lowest BCUT2D eigenvalue weighted by Crippen LogP contribution is -2.38. The van der Waals surface area contributed by atoms with Crippen LogP contribution in [0, 0.1) is 11.7 Å². The number of hydrogen-bond donors (Lipinski definition) is 1. The van der Waals surface area contributed by atoms with Gasteiger partial charge in [0.1, 0.15) is 5.82 Å². The van der Waals surface area contributed by atoms with Crippen LogP contribution in [0.5, 0.6) is 0 Å². The van der Waals surface area contributed by atoms with Crippen LogP contribution in [-0.2, 0) is 11.2 Å². The van der Waals surface area contributed by atoms with Gasteiger partial charge in [0.25, 0.3) is 0 Å². The van der Waals surface area contributed by atoms with Gasteiger partial charge in [-0.05, 0) is 42.2 Å². The third-order valence-electron chi connectivity index (χ3n) is 4.10. The fourth-order valence-electron chi connectivity index (χ4n) is 2.57. The van der Waals surface area contributed by atoms with Gasteiger partial charge in [-0.25, -0.2) is 4.39 Å². The van der Waals surface area contributed by atoms with Crippen molar-refractivity contribution in [3.63, 3.8) is 0 Å². The number of nitrogens with zero attached hydrogens (tertiary/aromatic N) is 1. The van der Waals surface area contributed by atoms with Crippen LogP contribution < -0.4 is 5.32 Å². The molecule has 1 aromatic carbocycles. The summed E-state index contributed by atoms with van der Waals surface area (Å²) in [6.07, 6.45) is 5.76. The van der Waals surface area contributed by atoms with Crippen LogP contribution in [0.15, 0.2) is 35.9 Å². The van der Waals surface area contributed by atoms with Crippen molar-refractivity contribution in [2.75, 3.05) is 13.1 Å².